The quantitative estimate of drug-likeness (QED) is 0.634. The van der Waals surface area contributed by atoms with Crippen LogP contribution in [0.15, 0.2) is 60.9 Å². The fourth-order valence-corrected chi connectivity index (χ4v) is 2.61. The van der Waals surface area contributed by atoms with Gasteiger partial charge in [0.05, 0.1) is 6.61 Å². The van der Waals surface area contributed by atoms with Crippen molar-refractivity contribution in [3.8, 4) is 5.75 Å². The summed E-state index contributed by atoms with van der Waals surface area (Å²) in [6, 6.07) is 15.4. The average Bonchev–Trinajstić information content (AvgIpc) is 2.58. The summed E-state index contributed by atoms with van der Waals surface area (Å²) in [6.45, 7) is 7.00. The van der Waals surface area contributed by atoms with Crippen LogP contribution < -0.4 is 4.74 Å². The lowest BCUT2D eigenvalue weighted by atomic mass is 9.99. The largest absolute Gasteiger partial charge is 0.489 e. The molecule has 3 rings (SSSR count). The van der Waals surface area contributed by atoms with Crippen LogP contribution in [-0.2, 0) is 4.74 Å². The van der Waals surface area contributed by atoms with E-state index in [2.05, 4.69) is 13.5 Å². The number of hydrogen-bond donors (Lipinski definition) is 0. The highest BCUT2D eigenvalue weighted by Crippen LogP contribution is 2.41. The van der Waals surface area contributed by atoms with E-state index < -0.39 is 0 Å². The maximum atomic E-state index is 6.12. The molecule has 2 nitrogen and oxygen atoms in total. The zero-order chi connectivity index (χ0) is 16.2. The van der Waals surface area contributed by atoms with Crippen molar-refractivity contribution < 1.29 is 9.47 Å². The highest BCUT2D eigenvalue weighted by molar-refractivity contribution is 6.30. The van der Waals surface area contributed by atoms with Crippen LogP contribution in [-0.4, -0.2) is 6.61 Å². The van der Waals surface area contributed by atoms with Crippen LogP contribution in [0.25, 0.3) is 11.3 Å². The molecule has 118 valence electrons. The van der Waals surface area contributed by atoms with Gasteiger partial charge in [0.25, 0.3) is 0 Å². The summed E-state index contributed by atoms with van der Waals surface area (Å²) >= 11 is 5.99. The van der Waals surface area contributed by atoms with E-state index in [1.807, 2.05) is 48.5 Å². The van der Waals surface area contributed by atoms with E-state index in [0.29, 0.717) is 23.1 Å². The Morgan fingerprint density at radius 3 is 2.57 bits per heavy atom. The maximum absolute atomic E-state index is 6.12. The van der Waals surface area contributed by atoms with Gasteiger partial charge in [-0.15, -0.1) is 0 Å². The van der Waals surface area contributed by atoms with Crippen LogP contribution in [0.2, 0.25) is 5.02 Å². The van der Waals surface area contributed by atoms with Crippen LogP contribution in [0, 0.1) is 0 Å². The minimum absolute atomic E-state index is 0.646. The van der Waals surface area contributed by atoms with Crippen molar-refractivity contribution >= 4 is 22.9 Å². The first kappa shape index (κ1) is 15.7. The van der Waals surface area contributed by atoms with E-state index in [4.69, 9.17) is 21.1 Å². The van der Waals surface area contributed by atoms with E-state index >= 15 is 0 Å². The van der Waals surface area contributed by atoms with Crippen LogP contribution in [0.5, 0.6) is 5.75 Å². The van der Waals surface area contributed by atoms with Gasteiger partial charge in [-0.3, -0.25) is 0 Å². The molecule has 0 bridgehead atoms. The number of unbranched alkanes of at least 4 members (excludes halogenated alkanes) is 1. The second-order valence-electron chi connectivity index (χ2n) is 5.44. The van der Waals surface area contributed by atoms with Gasteiger partial charge in [0.2, 0.25) is 0 Å². The molecule has 3 heteroatoms. The predicted octanol–water partition coefficient (Wildman–Crippen LogP) is 5.93. The van der Waals surface area contributed by atoms with Gasteiger partial charge in [-0.1, -0.05) is 49.7 Å². The van der Waals surface area contributed by atoms with Gasteiger partial charge in [0.1, 0.15) is 5.75 Å². The van der Waals surface area contributed by atoms with Crippen LogP contribution in [0.1, 0.15) is 30.9 Å². The molecule has 0 spiro atoms. The van der Waals surface area contributed by atoms with Gasteiger partial charge >= 0.3 is 0 Å². The number of hydrogen-bond acceptors (Lipinski definition) is 2. The Morgan fingerprint density at radius 2 is 1.83 bits per heavy atom. The standard InChI is InChI=1S/C20H19ClO2/c1-3-4-13-22-19-14(2)17-7-5-6-8-18(17)23-20(19)15-9-11-16(21)12-10-15/h5-12H,2-4,13H2,1H3. The first-order valence-electron chi connectivity index (χ1n) is 7.80. The Morgan fingerprint density at radius 1 is 1.09 bits per heavy atom. The maximum Gasteiger partial charge on any atom is 0.177 e. The highest BCUT2D eigenvalue weighted by Gasteiger charge is 2.25. The number of para-hydroxylation sites is 1. The van der Waals surface area contributed by atoms with Crippen molar-refractivity contribution in [1.82, 2.24) is 0 Å². The number of allylic oxidation sites excluding steroid dienone is 1. The molecule has 0 radical (unpaired) electrons. The number of benzene rings is 2. The van der Waals surface area contributed by atoms with Crippen LogP contribution in [0.4, 0.5) is 0 Å². The molecule has 0 aliphatic carbocycles. The third-order valence-corrected chi connectivity index (χ3v) is 4.01. The van der Waals surface area contributed by atoms with Gasteiger partial charge in [0, 0.05) is 21.7 Å². The Hall–Kier alpha value is -2.19. The molecular formula is C20H19ClO2. The summed E-state index contributed by atoms with van der Waals surface area (Å²) in [5, 5.41) is 0.692. The molecule has 0 saturated heterocycles. The van der Waals surface area contributed by atoms with E-state index in [-0.39, 0.29) is 0 Å². The van der Waals surface area contributed by atoms with Crippen molar-refractivity contribution in [3.63, 3.8) is 0 Å². The van der Waals surface area contributed by atoms with Crippen molar-refractivity contribution in [2.45, 2.75) is 19.8 Å². The van der Waals surface area contributed by atoms with Crippen molar-refractivity contribution in [2.24, 2.45) is 0 Å². The summed E-state index contributed by atoms with van der Waals surface area (Å²) in [6.07, 6.45) is 2.07. The highest BCUT2D eigenvalue weighted by atomic mass is 35.5. The van der Waals surface area contributed by atoms with Gasteiger partial charge in [0.15, 0.2) is 11.5 Å². The topological polar surface area (TPSA) is 18.5 Å². The monoisotopic (exact) mass is 326 g/mol. The minimum Gasteiger partial charge on any atom is -0.489 e. The zero-order valence-electron chi connectivity index (χ0n) is 13.1. The average molecular weight is 327 g/mol. The molecular weight excluding hydrogens is 308 g/mol. The van der Waals surface area contributed by atoms with Crippen LogP contribution >= 0.6 is 11.6 Å². The molecule has 1 aliphatic rings. The minimum atomic E-state index is 0.646. The lowest BCUT2D eigenvalue weighted by molar-refractivity contribution is 0.216. The number of halogens is 1. The second kappa shape index (κ2) is 6.93. The smallest absolute Gasteiger partial charge is 0.177 e. The summed E-state index contributed by atoms with van der Waals surface area (Å²) < 4.78 is 12.1. The predicted molar refractivity (Wildman–Crippen MR) is 95.3 cm³/mol. The number of ether oxygens (including phenoxy) is 2. The fourth-order valence-electron chi connectivity index (χ4n) is 2.48. The molecule has 2 aromatic carbocycles. The van der Waals surface area contributed by atoms with Crippen molar-refractivity contribution in [3.05, 3.63) is 77.0 Å². The summed E-state index contributed by atoms with van der Waals surface area (Å²) in [7, 11) is 0. The molecule has 0 aromatic heterocycles. The van der Waals surface area contributed by atoms with Gasteiger partial charge < -0.3 is 9.47 Å². The van der Waals surface area contributed by atoms with E-state index in [9.17, 15) is 0 Å². The first-order valence-corrected chi connectivity index (χ1v) is 8.18. The molecule has 23 heavy (non-hydrogen) atoms. The number of fused-ring (bicyclic) bond motifs is 1. The summed E-state index contributed by atoms with van der Waals surface area (Å²) in [5.41, 5.74) is 2.75. The molecule has 0 N–H and O–H groups in total. The van der Waals surface area contributed by atoms with Crippen molar-refractivity contribution in [1.29, 1.82) is 0 Å². The Labute approximate surface area is 142 Å². The lowest BCUT2D eigenvalue weighted by Crippen LogP contribution is -2.11. The van der Waals surface area contributed by atoms with Gasteiger partial charge in [-0.25, -0.2) is 0 Å². The molecule has 1 heterocycles. The zero-order valence-corrected chi connectivity index (χ0v) is 13.9. The summed E-state index contributed by atoms with van der Waals surface area (Å²) in [5.74, 6) is 2.20. The van der Waals surface area contributed by atoms with E-state index in [1.54, 1.807) is 0 Å². The molecule has 0 unspecified atom stereocenters. The van der Waals surface area contributed by atoms with Crippen molar-refractivity contribution in [2.75, 3.05) is 6.61 Å². The molecule has 0 fully saturated rings. The van der Waals surface area contributed by atoms with E-state index in [0.717, 1.165) is 35.3 Å². The molecule has 2 aromatic rings. The fraction of sp³-hybridized carbons (Fsp3) is 0.200. The van der Waals surface area contributed by atoms with E-state index in [1.165, 1.54) is 0 Å². The van der Waals surface area contributed by atoms with Gasteiger partial charge in [-0.05, 0) is 36.8 Å². The third kappa shape index (κ3) is 3.27. The van der Waals surface area contributed by atoms with Crippen LogP contribution in [0.3, 0.4) is 0 Å². The Balaban J connectivity index is 2.03. The lowest BCUT2D eigenvalue weighted by Gasteiger charge is -2.25. The Kier molecular flexibility index (Phi) is 4.73. The SMILES string of the molecule is C=C1C(OCCCC)=C(c2ccc(Cl)cc2)Oc2ccccc21. The molecule has 0 saturated carbocycles. The molecule has 1 aliphatic heterocycles. The van der Waals surface area contributed by atoms with Gasteiger partial charge in [-0.2, -0.15) is 0 Å². The molecule has 0 atom stereocenters. The Bertz CT molecular complexity index is 744. The first-order chi connectivity index (χ1) is 11.2. The second-order valence-corrected chi connectivity index (χ2v) is 5.88. The molecule has 0 amide bonds. The number of rotatable bonds is 5. The third-order valence-electron chi connectivity index (χ3n) is 3.76. The normalized spacial score (nSPS) is 13.6. The summed E-state index contributed by atoms with van der Waals surface area (Å²) in [4.78, 5) is 0.